The van der Waals surface area contributed by atoms with Crippen molar-refractivity contribution in [2.45, 2.75) is 31.9 Å². The number of aryl methyl sites for hydroxylation is 1. The molecule has 0 spiro atoms. The van der Waals surface area contributed by atoms with Crippen molar-refractivity contribution in [1.29, 1.82) is 0 Å². The van der Waals surface area contributed by atoms with Gasteiger partial charge in [-0.3, -0.25) is 9.59 Å². The van der Waals surface area contributed by atoms with E-state index in [2.05, 4.69) is 5.32 Å². The summed E-state index contributed by atoms with van der Waals surface area (Å²) in [5, 5.41) is 13.0. The molecule has 0 aromatic heterocycles. The lowest BCUT2D eigenvalue weighted by atomic mass is 10.0. The van der Waals surface area contributed by atoms with Crippen molar-refractivity contribution in [2.75, 3.05) is 14.2 Å². The summed E-state index contributed by atoms with van der Waals surface area (Å²) in [5.74, 6) is -0.903. The van der Waals surface area contributed by atoms with Gasteiger partial charge in [0.25, 0.3) is 0 Å². The molecule has 0 heterocycles. The zero-order chi connectivity index (χ0) is 21.4. The summed E-state index contributed by atoms with van der Waals surface area (Å²) in [6, 6.07) is 12.2. The molecule has 0 fully saturated rings. The van der Waals surface area contributed by atoms with Gasteiger partial charge in [-0.25, -0.2) is 4.79 Å². The van der Waals surface area contributed by atoms with Crippen LogP contribution >= 0.6 is 0 Å². The van der Waals surface area contributed by atoms with Crippen molar-refractivity contribution in [3.63, 3.8) is 0 Å². The molecule has 0 bridgehead atoms. The Balaban J connectivity index is 2.01. The fourth-order valence-corrected chi connectivity index (χ4v) is 2.74. The van der Waals surface area contributed by atoms with Crippen LogP contribution in [0.3, 0.4) is 0 Å². The summed E-state index contributed by atoms with van der Waals surface area (Å²) in [6.45, 7) is 1.92. The molecule has 7 nitrogen and oxygen atoms in total. The highest BCUT2D eigenvalue weighted by Gasteiger charge is 2.30. The van der Waals surface area contributed by atoms with Crippen LogP contribution in [-0.4, -0.2) is 43.0 Å². The Hall–Kier alpha value is -3.19. The highest BCUT2D eigenvalue weighted by molar-refractivity contribution is 5.98. The van der Waals surface area contributed by atoms with E-state index in [0.29, 0.717) is 16.9 Å². The fraction of sp³-hybridized carbons (Fsp3) is 0.318. The third-order valence-electron chi connectivity index (χ3n) is 4.50. The van der Waals surface area contributed by atoms with E-state index in [1.54, 1.807) is 36.4 Å². The second-order valence-corrected chi connectivity index (χ2v) is 6.58. The summed E-state index contributed by atoms with van der Waals surface area (Å²) in [6.07, 6.45) is -1.44. The van der Waals surface area contributed by atoms with E-state index < -0.39 is 24.0 Å². The normalized spacial score (nSPS) is 12.6. The molecule has 2 unspecified atom stereocenters. The van der Waals surface area contributed by atoms with Crippen LogP contribution in [-0.2, 0) is 14.3 Å². The molecule has 2 N–H and O–H groups in total. The van der Waals surface area contributed by atoms with E-state index in [0.717, 1.165) is 5.56 Å². The monoisotopic (exact) mass is 399 g/mol. The highest BCUT2D eigenvalue weighted by Crippen LogP contribution is 2.21. The van der Waals surface area contributed by atoms with Gasteiger partial charge >= 0.3 is 5.97 Å². The van der Waals surface area contributed by atoms with E-state index in [9.17, 15) is 19.5 Å². The average molecular weight is 399 g/mol. The molecule has 0 aliphatic heterocycles. The second kappa shape index (κ2) is 10.4. The van der Waals surface area contributed by atoms with Gasteiger partial charge in [0.2, 0.25) is 5.91 Å². The topological polar surface area (TPSA) is 102 Å². The molecule has 0 saturated heterocycles. The minimum Gasteiger partial charge on any atom is -0.497 e. The summed E-state index contributed by atoms with van der Waals surface area (Å²) in [4.78, 5) is 36.6. The highest BCUT2D eigenvalue weighted by atomic mass is 16.5. The van der Waals surface area contributed by atoms with Crippen LogP contribution in [0.15, 0.2) is 48.5 Å². The maximum absolute atomic E-state index is 12.3. The van der Waals surface area contributed by atoms with Crippen LogP contribution in [0.5, 0.6) is 5.75 Å². The van der Waals surface area contributed by atoms with Crippen LogP contribution in [0.2, 0.25) is 0 Å². The molecule has 154 valence electrons. The first kappa shape index (κ1) is 22.1. The lowest BCUT2D eigenvalue weighted by molar-refractivity contribution is -0.148. The number of carbonyl (C=O) groups is 3. The number of aliphatic hydroxyl groups is 1. The largest absolute Gasteiger partial charge is 0.497 e. The molecule has 0 aliphatic rings. The lowest BCUT2D eigenvalue weighted by Gasteiger charge is -2.22. The molecule has 29 heavy (non-hydrogen) atoms. The number of carbonyl (C=O) groups excluding carboxylic acids is 3. The summed E-state index contributed by atoms with van der Waals surface area (Å²) in [5.41, 5.74) is 1.97. The van der Waals surface area contributed by atoms with Crippen LogP contribution in [0.1, 0.15) is 40.4 Å². The molecule has 7 heteroatoms. The SMILES string of the molecule is COC(=O)C(NC(=O)CCC(=O)c1ccc(C)cc1)C(O)c1ccc(OC)cc1. The van der Waals surface area contributed by atoms with E-state index in [4.69, 9.17) is 9.47 Å². The number of amides is 1. The Morgan fingerprint density at radius 3 is 2.14 bits per heavy atom. The summed E-state index contributed by atoms with van der Waals surface area (Å²) in [7, 11) is 2.68. The minimum atomic E-state index is -1.31. The molecule has 0 aliphatic carbocycles. The Kier molecular flexibility index (Phi) is 7.91. The van der Waals surface area contributed by atoms with Gasteiger partial charge < -0.3 is 19.9 Å². The standard InChI is InChI=1S/C22H25NO6/c1-14-4-6-15(7-5-14)18(24)12-13-19(25)23-20(22(27)29-3)21(26)16-8-10-17(28-2)11-9-16/h4-11,20-21,26H,12-13H2,1-3H3,(H,23,25). The minimum absolute atomic E-state index is 0.0125. The number of ketones is 1. The van der Waals surface area contributed by atoms with Gasteiger partial charge in [-0.1, -0.05) is 42.0 Å². The summed E-state index contributed by atoms with van der Waals surface area (Å²) >= 11 is 0. The van der Waals surface area contributed by atoms with E-state index in [1.807, 2.05) is 19.1 Å². The van der Waals surface area contributed by atoms with Gasteiger partial charge in [0.15, 0.2) is 11.8 Å². The van der Waals surface area contributed by atoms with E-state index in [1.165, 1.54) is 14.2 Å². The number of esters is 1. The predicted molar refractivity (Wildman–Crippen MR) is 107 cm³/mol. The number of benzene rings is 2. The van der Waals surface area contributed by atoms with Crippen LogP contribution in [0.4, 0.5) is 0 Å². The Morgan fingerprint density at radius 2 is 1.59 bits per heavy atom. The van der Waals surface area contributed by atoms with Crippen molar-refractivity contribution in [1.82, 2.24) is 5.32 Å². The first-order valence-corrected chi connectivity index (χ1v) is 9.14. The Labute approximate surface area is 169 Å². The third-order valence-corrected chi connectivity index (χ3v) is 4.50. The molecule has 0 saturated carbocycles. The summed E-state index contributed by atoms with van der Waals surface area (Å²) < 4.78 is 9.77. The maximum atomic E-state index is 12.3. The number of ether oxygens (including phenoxy) is 2. The van der Waals surface area contributed by atoms with Gasteiger partial charge in [-0.15, -0.1) is 0 Å². The maximum Gasteiger partial charge on any atom is 0.331 e. The molecule has 1 amide bonds. The van der Waals surface area contributed by atoms with Crippen molar-refractivity contribution < 1.29 is 29.0 Å². The second-order valence-electron chi connectivity index (χ2n) is 6.58. The molecule has 2 rings (SSSR count). The van der Waals surface area contributed by atoms with Crippen molar-refractivity contribution in [3.05, 3.63) is 65.2 Å². The smallest absolute Gasteiger partial charge is 0.331 e. The van der Waals surface area contributed by atoms with Crippen LogP contribution < -0.4 is 10.1 Å². The molecule has 2 atom stereocenters. The number of hydrogen-bond acceptors (Lipinski definition) is 6. The van der Waals surface area contributed by atoms with Gasteiger partial charge in [0.1, 0.15) is 11.9 Å². The average Bonchev–Trinajstić information content (AvgIpc) is 2.75. The number of hydrogen-bond donors (Lipinski definition) is 2. The molecular weight excluding hydrogens is 374 g/mol. The fourth-order valence-electron chi connectivity index (χ4n) is 2.74. The Morgan fingerprint density at radius 1 is 0.966 bits per heavy atom. The van der Waals surface area contributed by atoms with Gasteiger partial charge in [-0.2, -0.15) is 0 Å². The number of methoxy groups -OCH3 is 2. The first-order valence-electron chi connectivity index (χ1n) is 9.14. The van der Waals surface area contributed by atoms with Gasteiger partial charge in [0.05, 0.1) is 14.2 Å². The first-order chi connectivity index (χ1) is 13.8. The van der Waals surface area contributed by atoms with Crippen molar-refractivity contribution in [3.8, 4) is 5.75 Å². The number of aliphatic hydroxyl groups excluding tert-OH is 1. The van der Waals surface area contributed by atoms with Gasteiger partial charge in [0, 0.05) is 18.4 Å². The molecular formula is C22H25NO6. The number of nitrogens with one attached hydrogen (secondary N) is 1. The van der Waals surface area contributed by atoms with Crippen molar-refractivity contribution >= 4 is 17.7 Å². The van der Waals surface area contributed by atoms with Crippen LogP contribution in [0, 0.1) is 6.92 Å². The van der Waals surface area contributed by atoms with E-state index >= 15 is 0 Å². The van der Waals surface area contributed by atoms with Crippen LogP contribution in [0.25, 0.3) is 0 Å². The van der Waals surface area contributed by atoms with Gasteiger partial charge in [-0.05, 0) is 24.6 Å². The lowest BCUT2D eigenvalue weighted by Crippen LogP contribution is -2.45. The third kappa shape index (κ3) is 6.15. The Bertz CT molecular complexity index is 845. The number of rotatable bonds is 9. The zero-order valence-electron chi connectivity index (χ0n) is 16.7. The van der Waals surface area contributed by atoms with E-state index in [-0.39, 0.29) is 18.6 Å². The number of Topliss-reactive ketones (excluding diaryl/α,β-unsaturated/α-hetero) is 1. The molecule has 0 radical (unpaired) electrons. The molecule has 2 aromatic rings. The van der Waals surface area contributed by atoms with Crippen molar-refractivity contribution in [2.24, 2.45) is 0 Å². The predicted octanol–water partition coefficient (Wildman–Crippen LogP) is 2.36. The quantitative estimate of drug-likeness (QED) is 0.496. The zero-order valence-corrected chi connectivity index (χ0v) is 16.7. The molecule has 2 aromatic carbocycles.